The van der Waals surface area contributed by atoms with Crippen LogP contribution in [0.4, 0.5) is 5.69 Å². The van der Waals surface area contributed by atoms with Gasteiger partial charge in [0, 0.05) is 28.6 Å². The fraction of sp³-hybridized carbons (Fsp3) is 0.0870. The molecule has 6 heteroatoms. The number of rotatable bonds is 5. The molecule has 3 aromatic carbocycles. The van der Waals surface area contributed by atoms with Crippen molar-refractivity contribution in [2.24, 2.45) is 0 Å². The minimum atomic E-state index is -0.105. The molecular weight excluding hydrogens is 362 g/mol. The molecule has 6 nitrogen and oxygen atoms in total. The van der Waals surface area contributed by atoms with Gasteiger partial charge < -0.3 is 5.32 Å². The van der Waals surface area contributed by atoms with Gasteiger partial charge in [-0.05, 0) is 42.8 Å². The number of hydrogen-bond donors (Lipinski definition) is 3. The first-order valence-corrected chi connectivity index (χ1v) is 9.45. The van der Waals surface area contributed by atoms with Gasteiger partial charge in [-0.2, -0.15) is 10.2 Å². The number of nitrogens with zero attached hydrogens (tertiary/aromatic N) is 2. The lowest BCUT2D eigenvalue weighted by Crippen LogP contribution is -2.08. The van der Waals surface area contributed by atoms with Gasteiger partial charge in [0.1, 0.15) is 5.69 Å². The Bertz CT molecular complexity index is 1350. The molecule has 29 heavy (non-hydrogen) atoms. The van der Waals surface area contributed by atoms with E-state index in [2.05, 4.69) is 37.8 Å². The monoisotopic (exact) mass is 381 g/mol. The van der Waals surface area contributed by atoms with E-state index in [1.807, 2.05) is 61.5 Å². The maximum Gasteiger partial charge on any atom is 0.215 e. The second-order valence-corrected chi connectivity index (χ2v) is 7.04. The normalized spacial score (nSPS) is 11.2. The van der Waals surface area contributed by atoms with E-state index in [0.29, 0.717) is 17.8 Å². The SMILES string of the molecule is Cc1n[nH]c2ccc(CNc3ccccc3C(=O)c3n[nH]c4ccccc34)cc12. The average Bonchev–Trinajstić information content (AvgIpc) is 3.36. The maximum atomic E-state index is 13.2. The molecule has 0 saturated heterocycles. The van der Waals surface area contributed by atoms with Crippen molar-refractivity contribution >= 4 is 33.3 Å². The largest absolute Gasteiger partial charge is 0.380 e. The van der Waals surface area contributed by atoms with Gasteiger partial charge in [-0.1, -0.05) is 36.4 Å². The molecule has 0 atom stereocenters. The molecule has 5 aromatic rings. The number of aromatic nitrogens is 4. The number of carbonyl (C=O) groups excluding carboxylic acids is 1. The first kappa shape index (κ1) is 17.2. The predicted molar refractivity (Wildman–Crippen MR) is 114 cm³/mol. The summed E-state index contributed by atoms with van der Waals surface area (Å²) in [5.74, 6) is -0.105. The Hall–Kier alpha value is -3.93. The fourth-order valence-corrected chi connectivity index (χ4v) is 3.60. The van der Waals surface area contributed by atoms with Gasteiger partial charge in [0.05, 0.1) is 16.7 Å². The van der Waals surface area contributed by atoms with E-state index in [-0.39, 0.29) is 5.78 Å². The van der Waals surface area contributed by atoms with Crippen LogP contribution in [-0.4, -0.2) is 26.2 Å². The highest BCUT2D eigenvalue weighted by Gasteiger charge is 2.18. The van der Waals surface area contributed by atoms with Gasteiger partial charge in [0.15, 0.2) is 0 Å². The minimum Gasteiger partial charge on any atom is -0.380 e. The maximum absolute atomic E-state index is 13.2. The Morgan fingerprint density at radius 1 is 0.897 bits per heavy atom. The summed E-state index contributed by atoms with van der Waals surface area (Å²) in [6.45, 7) is 2.59. The summed E-state index contributed by atoms with van der Waals surface area (Å²) >= 11 is 0. The minimum absolute atomic E-state index is 0.105. The number of aryl methyl sites for hydroxylation is 1. The Morgan fingerprint density at radius 3 is 2.59 bits per heavy atom. The topological polar surface area (TPSA) is 86.5 Å². The number of ketones is 1. The van der Waals surface area contributed by atoms with Crippen LogP contribution in [0.1, 0.15) is 27.3 Å². The number of para-hydroxylation sites is 2. The van der Waals surface area contributed by atoms with Crippen LogP contribution in [0.2, 0.25) is 0 Å². The van der Waals surface area contributed by atoms with Crippen LogP contribution >= 0.6 is 0 Å². The third kappa shape index (κ3) is 3.04. The lowest BCUT2D eigenvalue weighted by atomic mass is 10.0. The van der Waals surface area contributed by atoms with Crippen LogP contribution < -0.4 is 5.32 Å². The summed E-state index contributed by atoms with van der Waals surface area (Å²) in [6, 6.07) is 21.4. The Labute approximate surface area is 167 Å². The molecule has 0 aliphatic carbocycles. The number of benzene rings is 3. The summed E-state index contributed by atoms with van der Waals surface area (Å²) in [7, 11) is 0. The summed E-state index contributed by atoms with van der Waals surface area (Å²) < 4.78 is 0. The molecule has 2 aromatic heterocycles. The summed E-state index contributed by atoms with van der Waals surface area (Å²) in [5, 5.41) is 19.8. The lowest BCUT2D eigenvalue weighted by Gasteiger charge is -2.11. The zero-order chi connectivity index (χ0) is 19.8. The second-order valence-electron chi connectivity index (χ2n) is 7.04. The van der Waals surface area contributed by atoms with Crippen LogP contribution in [0.15, 0.2) is 66.7 Å². The first-order chi connectivity index (χ1) is 14.2. The smallest absolute Gasteiger partial charge is 0.215 e. The number of fused-ring (bicyclic) bond motifs is 2. The molecule has 0 bridgehead atoms. The Morgan fingerprint density at radius 2 is 1.66 bits per heavy atom. The van der Waals surface area contributed by atoms with Crippen molar-refractivity contribution in [3.8, 4) is 0 Å². The van der Waals surface area contributed by atoms with Gasteiger partial charge in [0.2, 0.25) is 5.78 Å². The predicted octanol–water partition coefficient (Wildman–Crippen LogP) is 4.59. The fourth-order valence-electron chi connectivity index (χ4n) is 3.60. The molecule has 0 unspecified atom stereocenters. The molecule has 2 heterocycles. The van der Waals surface area contributed by atoms with Crippen molar-refractivity contribution in [3.05, 3.63) is 89.2 Å². The second kappa shape index (κ2) is 6.91. The number of H-pyrrole nitrogens is 2. The summed E-state index contributed by atoms with van der Waals surface area (Å²) in [6.07, 6.45) is 0. The highest BCUT2D eigenvalue weighted by atomic mass is 16.1. The summed E-state index contributed by atoms with van der Waals surface area (Å²) in [5.41, 5.74) is 5.79. The third-order valence-corrected chi connectivity index (χ3v) is 5.16. The first-order valence-electron chi connectivity index (χ1n) is 9.45. The van der Waals surface area contributed by atoms with E-state index in [0.717, 1.165) is 38.8 Å². The molecule has 0 fully saturated rings. The van der Waals surface area contributed by atoms with E-state index in [1.165, 1.54) is 0 Å². The van der Waals surface area contributed by atoms with Gasteiger partial charge in [-0.3, -0.25) is 15.0 Å². The quantitative estimate of drug-likeness (QED) is 0.389. The highest BCUT2D eigenvalue weighted by molar-refractivity contribution is 6.17. The molecule has 0 amide bonds. The van der Waals surface area contributed by atoms with Crippen molar-refractivity contribution in [2.45, 2.75) is 13.5 Å². The lowest BCUT2D eigenvalue weighted by molar-refractivity contribution is 0.103. The molecule has 0 radical (unpaired) electrons. The Kier molecular flexibility index (Phi) is 4.09. The zero-order valence-corrected chi connectivity index (χ0v) is 15.9. The summed E-state index contributed by atoms with van der Waals surface area (Å²) in [4.78, 5) is 13.2. The van der Waals surface area contributed by atoms with E-state index in [4.69, 9.17) is 0 Å². The van der Waals surface area contributed by atoms with Crippen LogP contribution in [0, 0.1) is 6.92 Å². The van der Waals surface area contributed by atoms with Crippen LogP contribution in [-0.2, 0) is 6.54 Å². The van der Waals surface area contributed by atoms with Gasteiger partial charge >= 0.3 is 0 Å². The molecular formula is C23H19N5O. The molecule has 3 N–H and O–H groups in total. The number of anilines is 1. The zero-order valence-electron chi connectivity index (χ0n) is 15.9. The number of nitrogens with one attached hydrogen (secondary N) is 3. The standard InChI is InChI=1S/C23H19N5O/c1-14-18-12-15(10-11-21(18)26-25-14)13-24-19-8-4-3-7-17(19)23(29)22-16-6-2-5-9-20(16)27-28-22/h2-12,24H,13H2,1H3,(H,25,26)(H,27,28). The number of aromatic amines is 2. The molecule has 5 rings (SSSR count). The van der Waals surface area contributed by atoms with E-state index >= 15 is 0 Å². The van der Waals surface area contributed by atoms with Gasteiger partial charge in [-0.15, -0.1) is 0 Å². The van der Waals surface area contributed by atoms with Crippen molar-refractivity contribution in [1.82, 2.24) is 20.4 Å². The van der Waals surface area contributed by atoms with Crippen LogP contribution in [0.25, 0.3) is 21.8 Å². The van der Waals surface area contributed by atoms with Crippen molar-refractivity contribution in [1.29, 1.82) is 0 Å². The van der Waals surface area contributed by atoms with E-state index in [9.17, 15) is 4.79 Å². The molecule has 142 valence electrons. The molecule has 0 saturated carbocycles. The van der Waals surface area contributed by atoms with E-state index < -0.39 is 0 Å². The van der Waals surface area contributed by atoms with E-state index in [1.54, 1.807) is 0 Å². The van der Waals surface area contributed by atoms with Gasteiger partial charge in [-0.25, -0.2) is 0 Å². The van der Waals surface area contributed by atoms with Crippen molar-refractivity contribution < 1.29 is 4.79 Å². The van der Waals surface area contributed by atoms with Crippen molar-refractivity contribution in [2.75, 3.05) is 5.32 Å². The van der Waals surface area contributed by atoms with Crippen LogP contribution in [0.3, 0.4) is 0 Å². The highest BCUT2D eigenvalue weighted by Crippen LogP contribution is 2.24. The van der Waals surface area contributed by atoms with Gasteiger partial charge in [0.25, 0.3) is 0 Å². The third-order valence-electron chi connectivity index (χ3n) is 5.16. The molecule has 0 aliphatic heterocycles. The number of carbonyl (C=O) groups is 1. The number of hydrogen-bond acceptors (Lipinski definition) is 4. The molecule has 0 aliphatic rings. The van der Waals surface area contributed by atoms with Crippen LogP contribution in [0.5, 0.6) is 0 Å². The molecule has 0 spiro atoms. The Balaban J connectivity index is 1.44. The van der Waals surface area contributed by atoms with Crippen molar-refractivity contribution in [3.63, 3.8) is 0 Å². The average molecular weight is 381 g/mol.